The normalized spacial score (nSPS) is 11.3. The maximum Gasteiger partial charge on any atom is 0.262 e. The number of pyridine rings is 1. The summed E-state index contributed by atoms with van der Waals surface area (Å²) in [5.41, 5.74) is 6.32. The van der Waals surface area contributed by atoms with Crippen LogP contribution in [-0.2, 0) is 10.0 Å². The first kappa shape index (κ1) is 14.4. The van der Waals surface area contributed by atoms with Gasteiger partial charge in [0.15, 0.2) is 5.15 Å². The minimum absolute atomic E-state index is 0.0110. The molecule has 4 N–H and O–H groups in total. The van der Waals surface area contributed by atoms with E-state index in [1.54, 1.807) is 6.92 Å². The first-order chi connectivity index (χ1) is 9.31. The third kappa shape index (κ3) is 2.78. The lowest BCUT2D eigenvalue weighted by molar-refractivity contribution is 0.473. The number of sulfonamides is 1. The van der Waals surface area contributed by atoms with E-state index in [2.05, 4.69) is 9.71 Å². The molecule has 8 heteroatoms. The molecule has 0 atom stereocenters. The molecule has 0 aliphatic carbocycles. The summed E-state index contributed by atoms with van der Waals surface area (Å²) in [6.07, 6.45) is 1.37. The summed E-state index contributed by atoms with van der Waals surface area (Å²) in [6, 6.07) is 5.48. The Morgan fingerprint density at radius 2 is 2.05 bits per heavy atom. The van der Waals surface area contributed by atoms with Crippen molar-refractivity contribution < 1.29 is 13.5 Å². The van der Waals surface area contributed by atoms with E-state index in [1.807, 2.05) is 0 Å². The second-order valence-corrected chi connectivity index (χ2v) is 6.13. The Labute approximate surface area is 121 Å². The highest BCUT2D eigenvalue weighted by Crippen LogP contribution is 2.29. The van der Waals surface area contributed by atoms with Gasteiger partial charge >= 0.3 is 0 Å². The second-order valence-electron chi connectivity index (χ2n) is 4.12. The predicted molar refractivity (Wildman–Crippen MR) is 77.3 cm³/mol. The minimum Gasteiger partial charge on any atom is -0.508 e. The molecule has 6 nitrogen and oxygen atoms in total. The van der Waals surface area contributed by atoms with E-state index in [0.717, 1.165) is 6.07 Å². The molecule has 106 valence electrons. The Morgan fingerprint density at radius 3 is 2.70 bits per heavy atom. The Bertz CT molecular complexity index is 742. The van der Waals surface area contributed by atoms with E-state index < -0.39 is 10.0 Å². The molecule has 2 aromatic rings. The highest BCUT2D eigenvalue weighted by Gasteiger charge is 2.20. The van der Waals surface area contributed by atoms with Gasteiger partial charge in [0.2, 0.25) is 0 Å². The number of nitrogen functional groups attached to an aromatic ring is 1. The molecule has 1 aromatic heterocycles. The number of aromatic hydroxyl groups is 1. The van der Waals surface area contributed by atoms with Gasteiger partial charge < -0.3 is 10.8 Å². The Balaban J connectivity index is 2.49. The molecule has 20 heavy (non-hydrogen) atoms. The van der Waals surface area contributed by atoms with Crippen LogP contribution < -0.4 is 10.5 Å². The van der Waals surface area contributed by atoms with Crippen molar-refractivity contribution in [1.82, 2.24) is 4.98 Å². The quantitative estimate of drug-likeness (QED) is 0.753. The maximum absolute atomic E-state index is 12.3. The topological polar surface area (TPSA) is 105 Å². The molecule has 0 saturated heterocycles. The molecule has 0 fully saturated rings. The van der Waals surface area contributed by atoms with E-state index in [-0.39, 0.29) is 27.2 Å². The zero-order chi connectivity index (χ0) is 14.9. The highest BCUT2D eigenvalue weighted by molar-refractivity contribution is 7.92. The third-order valence-corrected chi connectivity index (χ3v) is 4.41. The van der Waals surface area contributed by atoms with Crippen LogP contribution in [0, 0.1) is 6.92 Å². The number of nitrogens with zero attached hydrogens (tertiary/aromatic N) is 1. The molecular formula is C12H12ClN3O3S. The molecule has 1 heterocycles. The van der Waals surface area contributed by atoms with Gasteiger partial charge in [-0.3, -0.25) is 4.72 Å². The number of hydrogen-bond acceptors (Lipinski definition) is 5. The molecule has 1 aromatic carbocycles. The van der Waals surface area contributed by atoms with E-state index in [1.165, 1.54) is 24.4 Å². The summed E-state index contributed by atoms with van der Waals surface area (Å²) in [4.78, 5) is 3.71. The van der Waals surface area contributed by atoms with Gasteiger partial charge in [0.25, 0.3) is 10.0 Å². The number of aromatic nitrogens is 1. The Kier molecular flexibility index (Phi) is 3.74. The zero-order valence-electron chi connectivity index (χ0n) is 10.5. The first-order valence-electron chi connectivity index (χ1n) is 5.53. The smallest absolute Gasteiger partial charge is 0.262 e. The van der Waals surface area contributed by atoms with Gasteiger partial charge in [-0.25, -0.2) is 13.4 Å². The van der Waals surface area contributed by atoms with Gasteiger partial charge in [0.1, 0.15) is 11.4 Å². The van der Waals surface area contributed by atoms with Gasteiger partial charge in [-0.2, -0.15) is 0 Å². The summed E-state index contributed by atoms with van der Waals surface area (Å²) in [5.74, 6) is -0.152. The first-order valence-corrected chi connectivity index (χ1v) is 7.40. The monoisotopic (exact) mass is 313 g/mol. The lowest BCUT2D eigenvalue weighted by Crippen LogP contribution is -2.16. The van der Waals surface area contributed by atoms with Crippen molar-refractivity contribution in [2.75, 3.05) is 10.5 Å². The third-order valence-electron chi connectivity index (χ3n) is 2.63. The van der Waals surface area contributed by atoms with Crippen LogP contribution in [0.4, 0.5) is 11.4 Å². The number of halogens is 1. The number of phenols is 1. The van der Waals surface area contributed by atoms with Gasteiger partial charge in [-0.15, -0.1) is 0 Å². The lowest BCUT2D eigenvalue weighted by atomic mass is 10.2. The number of nitrogens with two attached hydrogens (primary N) is 1. The highest BCUT2D eigenvalue weighted by atomic mass is 35.5. The standard InChI is InChI=1S/C12H12ClN3O3S/c1-7-2-3-8(17)6-10(7)20(18,19)16-11-9(14)4-5-15-12(11)13/h2-6,16-17H,1H3,(H2,14,15). The van der Waals surface area contributed by atoms with Crippen LogP contribution >= 0.6 is 11.6 Å². The van der Waals surface area contributed by atoms with Crippen LogP contribution in [0.1, 0.15) is 5.56 Å². The molecule has 0 amide bonds. The lowest BCUT2D eigenvalue weighted by Gasteiger charge is -2.13. The summed E-state index contributed by atoms with van der Waals surface area (Å²) in [5, 5.41) is 9.37. The fraction of sp³-hybridized carbons (Fsp3) is 0.0833. The molecule has 0 saturated carbocycles. The van der Waals surface area contributed by atoms with Crippen molar-refractivity contribution >= 4 is 33.0 Å². The van der Waals surface area contributed by atoms with Gasteiger partial charge in [0.05, 0.1) is 10.6 Å². The SMILES string of the molecule is Cc1ccc(O)cc1S(=O)(=O)Nc1c(N)ccnc1Cl. The summed E-state index contributed by atoms with van der Waals surface area (Å²) in [6.45, 7) is 1.61. The Hall–Kier alpha value is -1.99. The fourth-order valence-corrected chi connectivity index (χ4v) is 3.25. The molecular weight excluding hydrogens is 302 g/mol. The number of benzene rings is 1. The number of nitrogens with one attached hydrogen (secondary N) is 1. The van der Waals surface area contributed by atoms with Crippen LogP contribution in [0.15, 0.2) is 35.4 Å². The van der Waals surface area contributed by atoms with Crippen LogP contribution in [0.3, 0.4) is 0 Å². The number of aryl methyl sites for hydroxylation is 1. The summed E-state index contributed by atoms with van der Waals surface area (Å²) < 4.78 is 26.9. The van der Waals surface area contributed by atoms with Gasteiger partial charge in [-0.05, 0) is 24.6 Å². The number of hydrogen-bond donors (Lipinski definition) is 3. The molecule has 0 aliphatic heterocycles. The number of anilines is 2. The molecule has 0 bridgehead atoms. The summed E-state index contributed by atoms with van der Waals surface area (Å²) >= 11 is 5.83. The van der Waals surface area contributed by atoms with Crippen molar-refractivity contribution in [3.05, 3.63) is 41.2 Å². The Morgan fingerprint density at radius 1 is 1.35 bits per heavy atom. The average Bonchev–Trinajstić information content (AvgIpc) is 2.37. The van der Waals surface area contributed by atoms with E-state index in [4.69, 9.17) is 17.3 Å². The molecule has 0 spiro atoms. The van der Waals surface area contributed by atoms with Crippen LogP contribution in [0.5, 0.6) is 5.75 Å². The maximum atomic E-state index is 12.3. The zero-order valence-corrected chi connectivity index (χ0v) is 12.0. The van der Waals surface area contributed by atoms with Gasteiger partial charge in [-0.1, -0.05) is 17.7 Å². The fourth-order valence-electron chi connectivity index (χ4n) is 1.62. The van der Waals surface area contributed by atoms with Crippen molar-refractivity contribution in [2.24, 2.45) is 0 Å². The van der Waals surface area contributed by atoms with E-state index >= 15 is 0 Å². The van der Waals surface area contributed by atoms with Crippen LogP contribution in [0.2, 0.25) is 5.15 Å². The van der Waals surface area contributed by atoms with Gasteiger partial charge in [0, 0.05) is 12.3 Å². The van der Waals surface area contributed by atoms with Crippen molar-refractivity contribution in [3.63, 3.8) is 0 Å². The van der Waals surface area contributed by atoms with Crippen LogP contribution in [-0.4, -0.2) is 18.5 Å². The predicted octanol–water partition coefficient (Wildman–Crippen LogP) is 2.13. The van der Waals surface area contributed by atoms with Crippen molar-refractivity contribution in [1.29, 1.82) is 0 Å². The molecule has 0 radical (unpaired) electrons. The number of rotatable bonds is 3. The molecule has 2 rings (SSSR count). The largest absolute Gasteiger partial charge is 0.508 e. The summed E-state index contributed by atoms with van der Waals surface area (Å²) in [7, 11) is -3.93. The van der Waals surface area contributed by atoms with Crippen LogP contribution in [0.25, 0.3) is 0 Å². The minimum atomic E-state index is -3.93. The van der Waals surface area contributed by atoms with E-state index in [0.29, 0.717) is 5.56 Å². The van der Waals surface area contributed by atoms with E-state index in [9.17, 15) is 13.5 Å². The second kappa shape index (κ2) is 5.18. The number of phenolic OH excluding ortho intramolecular Hbond substituents is 1. The average molecular weight is 314 g/mol. The molecule has 0 unspecified atom stereocenters. The molecule has 0 aliphatic rings. The van der Waals surface area contributed by atoms with Crippen molar-refractivity contribution in [2.45, 2.75) is 11.8 Å². The van der Waals surface area contributed by atoms with Crippen molar-refractivity contribution in [3.8, 4) is 5.75 Å².